The Labute approximate surface area is 175 Å². The van der Waals surface area contributed by atoms with Crippen LogP contribution in [0.2, 0.25) is 0 Å². The lowest BCUT2D eigenvalue weighted by molar-refractivity contribution is 0.0980. The van der Waals surface area contributed by atoms with Gasteiger partial charge in [0, 0.05) is 17.1 Å². The smallest absolute Gasteiger partial charge is 0.271 e. The highest BCUT2D eigenvalue weighted by Crippen LogP contribution is 2.30. The zero-order chi connectivity index (χ0) is 21.3. The average Bonchev–Trinajstić information content (AvgIpc) is 3.37. The number of nitrogens with one attached hydrogen (secondary N) is 1. The molecule has 0 aliphatic rings. The van der Waals surface area contributed by atoms with Gasteiger partial charge in [-0.15, -0.1) is 11.3 Å². The van der Waals surface area contributed by atoms with Crippen molar-refractivity contribution in [3.63, 3.8) is 0 Å². The van der Waals surface area contributed by atoms with Gasteiger partial charge < -0.3 is 0 Å². The number of carbonyl (C=O) groups excluding carboxylic acids is 1. The molecule has 0 unspecified atom stereocenters. The summed E-state index contributed by atoms with van der Waals surface area (Å²) in [6.45, 7) is 0. The van der Waals surface area contributed by atoms with E-state index in [1.165, 1.54) is 22.7 Å². The van der Waals surface area contributed by atoms with E-state index in [-0.39, 0.29) is 5.91 Å². The van der Waals surface area contributed by atoms with Gasteiger partial charge in [0.25, 0.3) is 16.1 Å². The molecule has 0 aliphatic heterocycles. The molecule has 0 fully saturated rings. The molecular formula is C19H14N6O3S2. The number of carbonyl (C=O) groups is 1. The molecule has 30 heavy (non-hydrogen) atoms. The van der Waals surface area contributed by atoms with E-state index in [1.54, 1.807) is 65.6 Å². The van der Waals surface area contributed by atoms with Crippen LogP contribution in [0.4, 0.5) is 11.4 Å². The standard InChI is InChI=1S/C19H14N6O3S2/c20-11-13-1-4-16(5-2-13)25(24-8-7-22-12-24)19(26)18-10-14-9-15(23-30(21,27)28)3-6-17(14)29-18/h1-10,12,23H,(H2,21,27,28). The van der Waals surface area contributed by atoms with Gasteiger partial charge >= 0.3 is 0 Å². The van der Waals surface area contributed by atoms with E-state index in [1.807, 2.05) is 6.07 Å². The Morgan fingerprint density at radius 3 is 2.60 bits per heavy atom. The summed E-state index contributed by atoms with van der Waals surface area (Å²) in [5.74, 6) is -0.306. The van der Waals surface area contributed by atoms with Gasteiger partial charge in [0.1, 0.15) is 6.33 Å². The third kappa shape index (κ3) is 4.01. The summed E-state index contributed by atoms with van der Waals surface area (Å²) in [6, 6.07) is 15.2. The molecule has 0 saturated carbocycles. The van der Waals surface area contributed by atoms with Crippen LogP contribution >= 0.6 is 11.3 Å². The number of hydrogen-bond acceptors (Lipinski definition) is 6. The zero-order valence-electron chi connectivity index (χ0n) is 15.3. The lowest BCUT2D eigenvalue weighted by atomic mass is 10.2. The third-order valence-corrected chi connectivity index (χ3v) is 5.77. The monoisotopic (exact) mass is 438 g/mol. The highest BCUT2D eigenvalue weighted by Gasteiger charge is 2.22. The summed E-state index contributed by atoms with van der Waals surface area (Å²) in [7, 11) is -3.90. The minimum absolute atomic E-state index is 0.306. The van der Waals surface area contributed by atoms with Crippen LogP contribution < -0.4 is 14.9 Å². The molecule has 4 aromatic rings. The Hall–Kier alpha value is -3.72. The van der Waals surface area contributed by atoms with Gasteiger partial charge in [-0.1, -0.05) is 0 Å². The normalized spacial score (nSPS) is 11.2. The van der Waals surface area contributed by atoms with Crippen molar-refractivity contribution >= 4 is 48.9 Å². The number of fused-ring (bicyclic) bond motifs is 1. The van der Waals surface area contributed by atoms with E-state index < -0.39 is 10.2 Å². The largest absolute Gasteiger partial charge is 0.296 e. The lowest BCUT2D eigenvalue weighted by Crippen LogP contribution is -2.34. The van der Waals surface area contributed by atoms with Crippen molar-refractivity contribution in [3.05, 3.63) is 77.7 Å². The first-order valence-corrected chi connectivity index (χ1v) is 10.9. The van der Waals surface area contributed by atoms with E-state index in [0.717, 1.165) is 4.70 Å². The molecule has 9 nitrogen and oxygen atoms in total. The number of imidazole rings is 1. The van der Waals surface area contributed by atoms with E-state index in [2.05, 4.69) is 9.71 Å². The van der Waals surface area contributed by atoms with Crippen LogP contribution in [0.5, 0.6) is 0 Å². The van der Waals surface area contributed by atoms with Gasteiger partial charge in [0.05, 0.1) is 27.9 Å². The fourth-order valence-electron chi connectivity index (χ4n) is 2.88. The SMILES string of the molecule is N#Cc1ccc(N(C(=O)c2cc3cc(NS(N)(=O)=O)ccc3s2)n2ccnc2)cc1. The van der Waals surface area contributed by atoms with Crippen LogP contribution in [0.1, 0.15) is 15.2 Å². The second-order valence-electron chi connectivity index (χ2n) is 6.23. The molecule has 1 amide bonds. The van der Waals surface area contributed by atoms with Crippen LogP contribution in [-0.4, -0.2) is 24.0 Å². The number of rotatable bonds is 5. The van der Waals surface area contributed by atoms with Gasteiger partial charge in [-0.3, -0.25) is 9.52 Å². The zero-order valence-corrected chi connectivity index (χ0v) is 16.9. The molecule has 11 heteroatoms. The average molecular weight is 438 g/mol. The summed E-state index contributed by atoms with van der Waals surface area (Å²) in [6.07, 6.45) is 4.69. The highest BCUT2D eigenvalue weighted by molar-refractivity contribution is 7.90. The number of amides is 1. The van der Waals surface area contributed by atoms with Crippen molar-refractivity contribution in [2.45, 2.75) is 0 Å². The Morgan fingerprint density at radius 2 is 1.97 bits per heavy atom. The predicted molar refractivity (Wildman–Crippen MR) is 114 cm³/mol. The number of nitrogens with zero attached hydrogens (tertiary/aromatic N) is 4. The maximum Gasteiger partial charge on any atom is 0.296 e. The predicted octanol–water partition coefficient (Wildman–Crippen LogP) is 2.69. The molecule has 2 aromatic heterocycles. The van der Waals surface area contributed by atoms with Gasteiger partial charge in [-0.25, -0.2) is 19.8 Å². The Morgan fingerprint density at radius 1 is 1.20 bits per heavy atom. The molecule has 150 valence electrons. The molecule has 0 bridgehead atoms. The summed E-state index contributed by atoms with van der Waals surface area (Å²) >= 11 is 1.27. The Bertz CT molecular complexity index is 1370. The topological polar surface area (TPSA) is 134 Å². The van der Waals surface area contributed by atoms with E-state index >= 15 is 0 Å². The summed E-state index contributed by atoms with van der Waals surface area (Å²) < 4.78 is 27.1. The molecule has 4 rings (SSSR count). The molecule has 0 saturated heterocycles. The van der Waals surface area contributed by atoms with Gasteiger partial charge in [-0.05, 0) is 53.9 Å². The Balaban J connectivity index is 1.74. The van der Waals surface area contributed by atoms with Gasteiger partial charge in [0.2, 0.25) is 0 Å². The molecule has 0 aliphatic carbocycles. The number of nitrogens with two attached hydrogens (primary N) is 1. The second kappa shape index (κ2) is 7.60. The molecule has 0 atom stereocenters. The number of nitriles is 1. The van der Waals surface area contributed by atoms with E-state index in [0.29, 0.717) is 27.2 Å². The van der Waals surface area contributed by atoms with Crippen molar-refractivity contribution in [1.29, 1.82) is 5.26 Å². The van der Waals surface area contributed by atoms with Gasteiger partial charge in [0.15, 0.2) is 0 Å². The van der Waals surface area contributed by atoms with Crippen LogP contribution in [-0.2, 0) is 10.2 Å². The first kappa shape index (κ1) is 19.6. The number of anilines is 2. The molecule has 0 spiro atoms. The van der Waals surface area contributed by atoms with Crippen LogP contribution in [0.25, 0.3) is 10.1 Å². The maximum absolute atomic E-state index is 13.4. The first-order chi connectivity index (χ1) is 14.3. The molecule has 3 N–H and O–H groups in total. The lowest BCUT2D eigenvalue weighted by Gasteiger charge is -2.22. The minimum Gasteiger partial charge on any atom is -0.271 e. The molecule has 0 radical (unpaired) electrons. The van der Waals surface area contributed by atoms with Crippen LogP contribution in [0.3, 0.4) is 0 Å². The molecular weight excluding hydrogens is 424 g/mol. The summed E-state index contributed by atoms with van der Waals surface area (Å²) in [5, 5.41) is 16.2. The molecule has 2 aromatic carbocycles. The summed E-state index contributed by atoms with van der Waals surface area (Å²) in [4.78, 5) is 17.8. The van der Waals surface area contributed by atoms with Crippen LogP contribution in [0, 0.1) is 11.3 Å². The number of hydrogen-bond donors (Lipinski definition) is 2. The van der Waals surface area contributed by atoms with Crippen molar-refractivity contribution in [2.24, 2.45) is 5.14 Å². The third-order valence-electron chi connectivity index (χ3n) is 4.14. The second-order valence-corrected chi connectivity index (χ2v) is 8.61. The maximum atomic E-state index is 13.4. The highest BCUT2D eigenvalue weighted by atomic mass is 32.2. The number of aromatic nitrogens is 2. The fraction of sp³-hybridized carbons (Fsp3) is 0. The number of benzene rings is 2. The summed E-state index contributed by atoms with van der Waals surface area (Å²) in [5.41, 5.74) is 1.35. The van der Waals surface area contributed by atoms with Gasteiger partial charge in [-0.2, -0.15) is 13.7 Å². The van der Waals surface area contributed by atoms with E-state index in [4.69, 9.17) is 10.4 Å². The van der Waals surface area contributed by atoms with E-state index in [9.17, 15) is 13.2 Å². The molecule has 2 heterocycles. The minimum atomic E-state index is -3.90. The van der Waals surface area contributed by atoms with Crippen molar-refractivity contribution < 1.29 is 13.2 Å². The Kier molecular flexibility index (Phi) is 4.96. The number of thiophene rings is 1. The van der Waals surface area contributed by atoms with Crippen molar-refractivity contribution in [3.8, 4) is 6.07 Å². The van der Waals surface area contributed by atoms with Crippen molar-refractivity contribution in [1.82, 2.24) is 9.66 Å². The fourth-order valence-corrected chi connectivity index (χ4v) is 4.31. The van der Waals surface area contributed by atoms with Crippen LogP contribution in [0.15, 0.2) is 67.3 Å². The first-order valence-electron chi connectivity index (χ1n) is 8.51. The van der Waals surface area contributed by atoms with Crippen molar-refractivity contribution in [2.75, 3.05) is 9.73 Å². The quantitative estimate of drug-likeness (QED) is 0.494.